The van der Waals surface area contributed by atoms with Crippen LogP contribution in [-0.2, 0) is 9.59 Å². The zero-order chi connectivity index (χ0) is 19.6. The van der Waals surface area contributed by atoms with Gasteiger partial charge in [-0.15, -0.1) is 11.8 Å². The van der Waals surface area contributed by atoms with Crippen LogP contribution >= 0.6 is 24.0 Å². The maximum absolute atomic E-state index is 12.9. The van der Waals surface area contributed by atoms with Crippen LogP contribution in [0.1, 0.15) is 15.9 Å². The van der Waals surface area contributed by atoms with Gasteiger partial charge in [-0.3, -0.25) is 19.8 Å². The van der Waals surface area contributed by atoms with Crippen LogP contribution in [-0.4, -0.2) is 34.3 Å². The zero-order valence-electron chi connectivity index (χ0n) is 14.1. The van der Waals surface area contributed by atoms with E-state index >= 15 is 0 Å². The number of benzene rings is 2. The molecule has 2 aromatic rings. The smallest absolute Gasteiger partial charge is 0.335 e. The van der Waals surface area contributed by atoms with Crippen LogP contribution in [0.25, 0.3) is 6.08 Å². The number of carboxylic acid groups (broad SMARTS) is 1. The van der Waals surface area contributed by atoms with Gasteiger partial charge < -0.3 is 5.11 Å². The number of thioether (sulfide) groups is 1. The summed E-state index contributed by atoms with van der Waals surface area (Å²) < 4.78 is 0. The SMILES string of the molecule is CSc1ccc(C=C2C(=O)NC(=S)N(c3cccc(C(=O)O)c3)C2=O)cc1. The summed E-state index contributed by atoms with van der Waals surface area (Å²) in [4.78, 5) is 38.6. The number of hydrogen-bond donors (Lipinski definition) is 2. The maximum Gasteiger partial charge on any atom is 0.335 e. The molecule has 1 saturated heterocycles. The largest absolute Gasteiger partial charge is 0.478 e. The van der Waals surface area contributed by atoms with E-state index in [2.05, 4.69) is 5.32 Å². The minimum absolute atomic E-state index is 0.0122. The molecule has 1 aliphatic rings. The van der Waals surface area contributed by atoms with E-state index in [0.29, 0.717) is 5.56 Å². The third-order valence-electron chi connectivity index (χ3n) is 3.88. The number of rotatable bonds is 4. The standard InChI is InChI=1S/C19H14N2O4S2/c1-27-14-7-5-11(6-8-14)9-15-16(22)20-19(26)21(17(15)23)13-4-2-3-12(10-13)18(24)25/h2-10H,1H3,(H,24,25)(H,20,22,26). The van der Waals surface area contributed by atoms with Gasteiger partial charge in [0.05, 0.1) is 11.3 Å². The number of amides is 2. The summed E-state index contributed by atoms with van der Waals surface area (Å²) in [5.41, 5.74) is 0.895. The van der Waals surface area contributed by atoms with E-state index in [4.69, 9.17) is 17.3 Å². The molecule has 0 aliphatic carbocycles. The summed E-state index contributed by atoms with van der Waals surface area (Å²) in [6.07, 6.45) is 3.44. The lowest BCUT2D eigenvalue weighted by Gasteiger charge is -2.29. The van der Waals surface area contributed by atoms with Gasteiger partial charge >= 0.3 is 5.97 Å². The fourth-order valence-corrected chi connectivity index (χ4v) is 3.23. The normalized spacial score (nSPS) is 15.8. The highest BCUT2D eigenvalue weighted by Crippen LogP contribution is 2.24. The number of aromatic carboxylic acids is 1. The van der Waals surface area contributed by atoms with Crippen molar-refractivity contribution in [1.29, 1.82) is 0 Å². The zero-order valence-corrected chi connectivity index (χ0v) is 15.8. The highest BCUT2D eigenvalue weighted by Gasteiger charge is 2.34. The molecule has 0 spiro atoms. The van der Waals surface area contributed by atoms with Crippen molar-refractivity contribution in [3.63, 3.8) is 0 Å². The first-order valence-electron chi connectivity index (χ1n) is 7.79. The third-order valence-corrected chi connectivity index (χ3v) is 4.91. The second kappa shape index (κ2) is 7.73. The molecule has 1 aliphatic heterocycles. The molecule has 0 saturated carbocycles. The van der Waals surface area contributed by atoms with Gasteiger partial charge in [-0.1, -0.05) is 18.2 Å². The predicted molar refractivity (Wildman–Crippen MR) is 108 cm³/mol. The Bertz CT molecular complexity index is 983. The summed E-state index contributed by atoms with van der Waals surface area (Å²) in [6, 6.07) is 13.2. The molecule has 27 heavy (non-hydrogen) atoms. The molecular formula is C19H14N2O4S2. The van der Waals surface area contributed by atoms with Gasteiger partial charge in [0.25, 0.3) is 11.8 Å². The Morgan fingerprint density at radius 2 is 1.89 bits per heavy atom. The predicted octanol–water partition coefficient (Wildman–Crippen LogP) is 2.94. The van der Waals surface area contributed by atoms with Crippen molar-refractivity contribution in [1.82, 2.24) is 5.32 Å². The molecular weight excluding hydrogens is 384 g/mol. The van der Waals surface area contributed by atoms with Crippen molar-refractivity contribution in [3.8, 4) is 0 Å². The molecule has 2 N–H and O–H groups in total. The van der Waals surface area contributed by atoms with Crippen molar-refractivity contribution >= 4 is 58.6 Å². The van der Waals surface area contributed by atoms with Gasteiger partial charge in [-0.2, -0.15) is 0 Å². The van der Waals surface area contributed by atoms with Crippen molar-refractivity contribution in [2.24, 2.45) is 0 Å². The Balaban J connectivity index is 1.99. The van der Waals surface area contributed by atoms with Gasteiger partial charge in [0.15, 0.2) is 5.11 Å². The molecule has 0 radical (unpaired) electrons. The van der Waals surface area contributed by atoms with Gasteiger partial charge in [0.1, 0.15) is 5.57 Å². The third kappa shape index (κ3) is 3.91. The van der Waals surface area contributed by atoms with E-state index in [0.717, 1.165) is 9.80 Å². The first-order valence-corrected chi connectivity index (χ1v) is 9.43. The lowest BCUT2D eigenvalue weighted by atomic mass is 10.1. The summed E-state index contributed by atoms with van der Waals surface area (Å²) in [5.74, 6) is -2.33. The van der Waals surface area contributed by atoms with Gasteiger partial charge in [-0.05, 0) is 60.4 Å². The lowest BCUT2D eigenvalue weighted by molar-refractivity contribution is -0.122. The number of carbonyl (C=O) groups excluding carboxylic acids is 2. The van der Waals surface area contributed by atoms with Gasteiger partial charge in [0.2, 0.25) is 0 Å². The summed E-state index contributed by atoms with van der Waals surface area (Å²) in [6.45, 7) is 0. The molecule has 0 atom stereocenters. The van der Waals surface area contributed by atoms with E-state index in [1.165, 1.54) is 24.3 Å². The molecule has 6 nitrogen and oxygen atoms in total. The topological polar surface area (TPSA) is 86.7 Å². The van der Waals surface area contributed by atoms with Crippen LogP contribution in [0.5, 0.6) is 0 Å². The number of carboxylic acids is 1. The Kier molecular flexibility index (Phi) is 5.38. The first-order chi connectivity index (χ1) is 12.9. The van der Waals surface area contributed by atoms with Crippen LogP contribution in [0.15, 0.2) is 59.0 Å². The van der Waals surface area contributed by atoms with Crippen molar-refractivity contribution in [2.75, 3.05) is 11.2 Å². The van der Waals surface area contributed by atoms with Gasteiger partial charge in [0, 0.05) is 4.90 Å². The molecule has 2 aromatic carbocycles. The second-order valence-electron chi connectivity index (χ2n) is 5.59. The number of thiocarbonyl (C=S) groups is 1. The van der Waals surface area contributed by atoms with Crippen molar-refractivity contribution in [3.05, 3.63) is 65.2 Å². The van der Waals surface area contributed by atoms with Crippen LogP contribution in [0.3, 0.4) is 0 Å². The van der Waals surface area contributed by atoms with E-state index in [1.54, 1.807) is 17.8 Å². The van der Waals surface area contributed by atoms with Crippen LogP contribution in [0.4, 0.5) is 5.69 Å². The monoisotopic (exact) mass is 398 g/mol. The maximum atomic E-state index is 12.9. The fraction of sp³-hybridized carbons (Fsp3) is 0.0526. The molecule has 8 heteroatoms. The Hall–Kier alpha value is -2.97. The number of hydrogen-bond acceptors (Lipinski definition) is 5. The molecule has 2 amide bonds. The van der Waals surface area contributed by atoms with E-state index in [-0.39, 0.29) is 21.9 Å². The molecule has 0 bridgehead atoms. The van der Waals surface area contributed by atoms with Crippen molar-refractivity contribution < 1.29 is 19.5 Å². The second-order valence-corrected chi connectivity index (χ2v) is 6.85. The Morgan fingerprint density at radius 1 is 1.19 bits per heavy atom. The van der Waals surface area contributed by atoms with Crippen LogP contribution < -0.4 is 10.2 Å². The van der Waals surface area contributed by atoms with Crippen LogP contribution in [0.2, 0.25) is 0 Å². The Morgan fingerprint density at radius 3 is 2.52 bits per heavy atom. The average Bonchev–Trinajstić information content (AvgIpc) is 2.65. The average molecular weight is 398 g/mol. The van der Waals surface area contributed by atoms with Crippen LogP contribution in [0, 0.1) is 0 Å². The quantitative estimate of drug-likeness (QED) is 0.356. The summed E-state index contributed by atoms with van der Waals surface area (Å²) in [5, 5.41) is 11.5. The molecule has 3 rings (SSSR count). The van der Waals surface area contributed by atoms with E-state index < -0.39 is 17.8 Å². The minimum atomic E-state index is -1.12. The molecule has 0 aromatic heterocycles. The Labute approximate surface area is 164 Å². The number of anilines is 1. The summed E-state index contributed by atoms with van der Waals surface area (Å²) in [7, 11) is 0. The highest BCUT2D eigenvalue weighted by atomic mass is 32.2. The minimum Gasteiger partial charge on any atom is -0.478 e. The number of carbonyl (C=O) groups is 3. The highest BCUT2D eigenvalue weighted by molar-refractivity contribution is 7.98. The fourth-order valence-electron chi connectivity index (χ4n) is 2.54. The van der Waals surface area contributed by atoms with E-state index in [1.807, 2.05) is 30.5 Å². The molecule has 1 heterocycles. The molecule has 136 valence electrons. The number of nitrogens with one attached hydrogen (secondary N) is 1. The van der Waals surface area contributed by atoms with Gasteiger partial charge in [-0.25, -0.2) is 4.79 Å². The summed E-state index contributed by atoms with van der Waals surface area (Å²) >= 11 is 6.70. The van der Waals surface area contributed by atoms with E-state index in [9.17, 15) is 14.4 Å². The molecule has 1 fully saturated rings. The lowest BCUT2D eigenvalue weighted by Crippen LogP contribution is -2.54. The van der Waals surface area contributed by atoms with Crippen molar-refractivity contribution in [2.45, 2.75) is 4.90 Å². The first kappa shape index (κ1) is 18.8. The molecule has 0 unspecified atom stereocenters. The number of nitrogens with zero attached hydrogens (tertiary/aromatic N) is 1.